The molecule has 1 aliphatic rings. The third-order valence-corrected chi connectivity index (χ3v) is 5.78. The van der Waals surface area contributed by atoms with Crippen molar-refractivity contribution in [1.29, 1.82) is 5.41 Å². The normalized spacial score (nSPS) is 22.2. The third-order valence-electron chi connectivity index (χ3n) is 5.78. The standard InChI is InChI=1S/C23H22FN7O3/c1-11-18(32)19(33)23(34-11)31-22-16(17(30-31)12-2-4-13(5-3-12)20(25)26)21(27-10-28-22)29-15-8-6-14(24)7-9-15/h2-11,18-19,23,32-33H,1H3,(H3,25,26)(H,27,28,29)/t11-,18-,19-,23-/m1/s1. The predicted molar refractivity (Wildman–Crippen MR) is 123 cm³/mol. The summed E-state index contributed by atoms with van der Waals surface area (Å²) in [6.07, 6.45) is -2.52. The number of benzene rings is 2. The van der Waals surface area contributed by atoms with Crippen molar-refractivity contribution < 1.29 is 19.3 Å². The number of amidine groups is 1. The van der Waals surface area contributed by atoms with Crippen molar-refractivity contribution in [2.45, 2.75) is 31.5 Å². The number of hydrogen-bond donors (Lipinski definition) is 5. The number of fused-ring (bicyclic) bond motifs is 1. The van der Waals surface area contributed by atoms with E-state index < -0.39 is 24.5 Å². The monoisotopic (exact) mass is 463 g/mol. The Kier molecular flexibility index (Phi) is 5.44. The van der Waals surface area contributed by atoms with Crippen molar-refractivity contribution in [3.8, 4) is 11.3 Å². The average molecular weight is 463 g/mol. The minimum atomic E-state index is -1.21. The van der Waals surface area contributed by atoms with Gasteiger partial charge < -0.3 is 26.0 Å². The zero-order chi connectivity index (χ0) is 24.0. The molecule has 0 radical (unpaired) electrons. The van der Waals surface area contributed by atoms with Crippen LogP contribution in [0.3, 0.4) is 0 Å². The molecular weight excluding hydrogens is 441 g/mol. The summed E-state index contributed by atoms with van der Waals surface area (Å²) in [4.78, 5) is 8.75. The number of aliphatic hydroxyl groups is 2. The van der Waals surface area contributed by atoms with E-state index in [0.717, 1.165) is 0 Å². The number of hydrogen-bond acceptors (Lipinski definition) is 8. The second-order valence-electron chi connectivity index (χ2n) is 8.05. The molecule has 0 aliphatic carbocycles. The number of halogens is 1. The molecule has 1 saturated heterocycles. The van der Waals surface area contributed by atoms with Crippen LogP contribution in [0, 0.1) is 11.2 Å². The van der Waals surface area contributed by atoms with Crippen LogP contribution >= 0.6 is 0 Å². The molecule has 0 amide bonds. The molecule has 2 aromatic heterocycles. The summed E-state index contributed by atoms with van der Waals surface area (Å²) in [5, 5.41) is 36.8. The number of nitrogen functional groups attached to an aromatic ring is 1. The van der Waals surface area contributed by atoms with Crippen LogP contribution in [0.1, 0.15) is 18.7 Å². The lowest BCUT2D eigenvalue weighted by molar-refractivity contribution is -0.0370. The number of aliphatic hydroxyl groups excluding tert-OH is 2. The number of ether oxygens (including phenoxy) is 1. The molecule has 2 aromatic carbocycles. The van der Waals surface area contributed by atoms with Gasteiger partial charge in [-0.1, -0.05) is 24.3 Å². The molecule has 1 aliphatic heterocycles. The number of rotatable bonds is 5. The molecule has 174 valence electrons. The first-order valence-electron chi connectivity index (χ1n) is 10.6. The van der Waals surface area contributed by atoms with E-state index in [4.69, 9.17) is 15.9 Å². The van der Waals surface area contributed by atoms with E-state index in [1.807, 2.05) is 0 Å². The molecule has 0 saturated carbocycles. The van der Waals surface area contributed by atoms with Gasteiger partial charge in [-0.05, 0) is 31.2 Å². The van der Waals surface area contributed by atoms with Crippen LogP contribution in [0.25, 0.3) is 22.3 Å². The molecule has 5 rings (SSSR count). The van der Waals surface area contributed by atoms with Gasteiger partial charge in [0.2, 0.25) is 0 Å². The van der Waals surface area contributed by atoms with Crippen molar-refractivity contribution in [1.82, 2.24) is 19.7 Å². The maximum absolute atomic E-state index is 13.4. The Hall–Kier alpha value is -3.93. The molecule has 11 heteroatoms. The average Bonchev–Trinajstić information content (AvgIpc) is 3.34. The van der Waals surface area contributed by atoms with Crippen molar-refractivity contribution in [2.24, 2.45) is 5.73 Å². The van der Waals surface area contributed by atoms with Gasteiger partial charge in [0.05, 0.1) is 11.5 Å². The zero-order valence-electron chi connectivity index (χ0n) is 18.1. The molecule has 4 atom stereocenters. The van der Waals surface area contributed by atoms with Gasteiger partial charge >= 0.3 is 0 Å². The molecule has 0 unspecified atom stereocenters. The molecule has 10 nitrogen and oxygen atoms in total. The van der Waals surface area contributed by atoms with Crippen LogP contribution < -0.4 is 11.1 Å². The van der Waals surface area contributed by atoms with Crippen LogP contribution in [0.15, 0.2) is 54.9 Å². The fourth-order valence-electron chi connectivity index (χ4n) is 3.95. The van der Waals surface area contributed by atoms with Gasteiger partial charge in [0.1, 0.15) is 41.7 Å². The maximum atomic E-state index is 13.4. The highest BCUT2D eigenvalue weighted by Crippen LogP contribution is 2.37. The molecule has 0 spiro atoms. The quantitative estimate of drug-likeness (QED) is 0.223. The fourth-order valence-corrected chi connectivity index (χ4v) is 3.95. The molecule has 6 N–H and O–H groups in total. The highest BCUT2D eigenvalue weighted by atomic mass is 19.1. The largest absolute Gasteiger partial charge is 0.388 e. The van der Waals surface area contributed by atoms with Gasteiger partial charge in [0, 0.05) is 16.8 Å². The Morgan fingerprint density at radius 2 is 1.79 bits per heavy atom. The SMILES string of the molecule is C[C@H]1O[C@@H](n2nc(-c3ccc(C(=N)N)cc3)c3c(Nc4ccc(F)cc4)ncnc32)[C@H](O)[C@@H]1O. The maximum Gasteiger partial charge on any atom is 0.181 e. The van der Waals surface area contributed by atoms with Crippen molar-refractivity contribution >= 4 is 28.4 Å². The Bertz CT molecular complexity index is 1360. The van der Waals surface area contributed by atoms with E-state index in [-0.39, 0.29) is 11.7 Å². The topological polar surface area (TPSA) is 155 Å². The second kappa shape index (κ2) is 8.45. The van der Waals surface area contributed by atoms with E-state index >= 15 is 0 Å². The Balaban J connectivity index is 1.68. The summed E-state index contributed by atoms with van der Waals surface area (Å²) in [5.74, 6) is -0.0125. The number of aromatic nitrogens is 4. The highest BCUT2D eigenvalue weighted by Gasteiger charge is 2.43. The van der Waals surface area contributed by atoms with E-state index in [9.17, 15) is 14.6 Å². The van der Waals surface area contributed by atoms with Crippen LogP contribution in [0.4, 0.5) is 15.9 Å². The van der Waals surface area contributed by atoms with Gasteiger partial charge in [0.25, 0.3) is 0 Å². The summed E-state index contributed by atoms with van der Waals surface area (Å²) < 4.78 is 20.6. The summed E-state index contributed by atoms with van der Waals surface area (Å²) in [6, 6.07) is 12.8. The lowest BCUT2D eigenvalue weighted by Crippen LogP contribution is -2.30. The minimum Gasteiger partial charge on any atom is -0.388 e. The number of nitrogens with zero attached hydrogens (tertiary/aromatic N) is 4. The summed E-state index contributed by atoms with van der Waals surface area (Å²) in [7, 11) is 0. The Morgan fingerprint density at radius 3 is 2.41 bits per heavy atom. The predicted octanol–water partition coefficient (Wildman–Crippen LogP) is 2.30. The first-order valence-corrected chi connectivity index (χ1v) is 10.6. The molecule has 1 fully saturated rings. The van der Waals surface area contributed by atoms with E-state index in [2.05, 4.69) is 20.4 Å². The summed E-state index contributed by atoms with van der Waals surface area (Å²) in [5.41, 5.74) is 8.28. The van der Waals surface area contributed by atoms with Crippen molar-refractivity contribution in [3.05, 3.63) is 66.2 Å². The smallest absolute Gasteiger partial charge is 0.181 e. The Labute approximate surface area is 193 Å². The van der Waals surface area contributed by atoms with E-state index in [1.54, 1.807) is 43.3 Å². The van der Waals surface area contributed by atoms with Gasteiger partial charge in [0.15, 0.2) is 11.9 Å². The minimum absolute atomic E-state index is 0.0608. The van der Waals surface area contributed by atoms with Gasteiger partial charge in [-0.15, -0.1) is 0 Å². The molecule has 0 bridgehead atoms. The second-order valence-corrected chi connectivity index (χ2v) is 8.05. The van der Waals surface area contributed by atoms with Crippen LogP contribution in [-0.2, 0) is 4.74 Å². The summed E-state index contributed by atoms with van der Waals surface area (Å²) >= 11 is 0. The molecular formula is C23H22FN7O3. The molecule has 34 heavy (non-hydrogen) atoms. The van der Waals surface area contributed by atoms with Crippen molar-refractivity contribution in [2.75, 3.05) is 5.32 Å². The zero-order valence-corrected chi connectivity index (χ0v) is 18.1. The third kappa shape index (κ3) is 3.75. The number of nitrogens with one attached hydrogen (secondary N) is 2. The van der Waals surface area contributed by atoms with Gasteiger partial charge in [-0.3, -0.25) is 5.41 Å². The lowest BCUT2D eigenvalue weighted by atomic mass is 10.1. The van der Waals surface area contributed by atoms with Crippen LogP contribution in [0.5, 0.6) is 0 Å². The van der Waals surface area contributed by atoms with Gasteiger partial charge in [-0.2, -0.15) is 5.10 Å². The van der Waals surface area contributed by atoms with Crippen LogP contribution in [0.2, 0.25) is 0 Å². The number of anilines is 2. The van der Waals surface area contributed by atoms with E-state index in [1.165, 1.54) is 23.1 Å². The first kappa shape index (κ1) is 21.9. The lowest BCUT2D eigenvalue weighted by Gasteiger charge is -2.15. The Morgan fingerprint density at radius 1 is 1.09 bits per heavy atom. The first-order chi connectivity index (χ1) is 16.3. The van der Waals surface area contributed by atoms with Crippen molar-refractivity contribution in [3.63, 3.8) is 0 Å². The van der Waals surface area contributed by atoms with Crippen LogP contribution in [-0.4, -0.2) is 54.1 Å². The number of nitrogens with two attached hydrogens (primary N) is 1. The summed E-state index contributed by atoms with van der Waals surface area (Å²) in [6.45, 7) is 1.66. The molecule has 4 aromatic rings. The molecule has 3 heterocycles. The van der Waals surface area contributed by atoms with E-state index in [0.29, 0.717) is 39.4 Å². The highest BCUT2D eigenvalue weighted by molar-refractivity contribution is 6.01. The fraction of sp³-hybridized carbons (Fsp3) is 0.217. The van der Waals surface area contributed by atoms with Gasteiger partial charge in [-0.25, -0.2) is 19.0 Å².